The van der Waals surface area contributed by atoms with E-state index in [1.54, 1.807) is 0 Å². The van der Waals surface area contributed by atoms with Crippen molar-refractivity contribution in [3.8, 4) is 0 Å². The Balaban J connectivity index is 1.89. The van der Waals surface area contributed by atoms with Gasteiger partial charge in [0.05, 0.1) is 6.10 Å². The molecule has 1 fully saturated rings. The maximum atomic E-state index is 6.00. The molecule has 0 radical (unpaired) electrons. The average molecular weight is 358 g/mol. The minimum atomic E-state index is 0.173. The Morgan fingerprint density at radius 3 is 2.85 bits per heavy atom. The summed E-state index contributed by atoms with van der Waals surface area (Å²) in [5.74, 6) is 1.46. The zero-order chi connectivity index (χ0) is 18.6. The van der Waals surface area contributed by atoms with Crippen LogP contribution in [0.25, 0.3) is 0 Å². The van der Waals surface area contributed by atoms with E-state index in [1.165, 1.54) is 24.8 Å². The summed E-state index contributed by atoms with van der Waals surface area (Å²) in [4.78, 5) is 7.18. The first-order valence-electron chi connectivity index (χ1n) is 10.0. The smallest absolute Gasteiger partial charge is 0.193 e. The molecule has 1 aliphatic heterocycles. The molecule has 1 aliphatic rings. The van der Waals surface area contributed by atoms with E-state index in [4.69, 9.17) is 9.73 Å². The molecule has 2 atom stereocenters. The van der Waals surface area contributed by atoms with Crippen molar-refractivity contribution in [2.75, 3.05) is 33.3 Å². The fraction of sp³-hybridized carbons (Fsp3) is 0.591. The van der Waals surface area contributed by atoms with E-state index < -0.39 is 0 Å². The summed E-state index contributed by atoms with van der Waals surface area (Å²) in [6, 6.07) is 10.5. The van der Waals surface area contributed by atoms with Crippen LogP contribution in [0.2, 0.25) is 0 Å². The number of ether oxygens (including phenoxy) is 1. The van der Waals surface area contributed by atoms with Crippen molar-refractivity contribution >= 4 is 5.96 Å². The molecule has 1 aromatic rings. The first-order valence-corrected chi connectivity index (χ1v) is 10.0. The van der Waals surface area contributed by atoms with Gasteiger partial charge in [-0.1, -0.05) is 42.8 Å². The quantitative estimate of drug-likeness (QED) is 0.292. The molecular weight excluding hydrogens is 322 g/mol. The lowest BCUT2D eigenvalue weighted by atomic mass is 9.95. The molecule has 144 valence electrons. The summed E-state index contributed by atoms with van der Waals surface area (Å²) in [6.07, 6.45) is 8.02. The Labute approximate surface area is 159 Å². The second-order valence-electron chi connectivity index (χ2n) is 7.01. The molecule has 1 saturated heterocycles. The maximum Gasteiger partial charge on any atom is 0.193 e. The molecule has 4 heteroatoms. The number of guanidine groups is 1. The van der Waals surface area contributed by atoms with Gasteiger partial charge in [-0.2, -0.15) is 0 Å². The van der Waals surface area contributed by atoms with Gasteiger partial charge < -0.3 is 15.0 Å². The monoisotopic (exact) mass is 357 g/mol. The highest BCUT2D eigenvalue weighted by molar-refractivity contribution is 5.79. The highest BCUT2D eigenvalue weighted by Gasteiger charge is 2.29. The molecule has 1 aromatic carbocycles. The predicted molar refractivity (Wildman–Crippen MR) is 111 cm³/mol. The van der Waals surface area contributed by atoms with Crippen LogP contribution in [0.1, 0.15) is 50.7 Å². The standard InChI is InChI=1S/C22H35N3O/c1-4-6-7-8-12-16-25(3)22(23-5-2)24-18-20-15-17-26-21(20)19-13-10-9-11-14-19/h4,9-11,13-14,20-21H,1,5-8,12,15-18H2,2-3H3,(H,23,24). The number of rotatable bonds is 10. The van der Waals surface area contributed by atoms with Crippen LogP contribution in [-0.4, -0.2) is 44.1 Å². The number of benzene rings is 1. The lowest BCUT2D eigenvalue weighted by molar-refractivity contribution is 0.0925. The van der Waals surface area contributed by atoms with Crippen LogP contribution in [0.3, 0.4) is 0 Å². The lowest BCUT2D eigenvalue weighted by Crippen LogP contribution is -2.39. The highest BCUT2D eigenvalue weighted by atomic mass is 16.5. The minimum Gasteiger partial charge on any atom is -0.373 e. The molecule has 1 N–H and O–H groups in total. The van der Waals surface area contributed by atoms with Crippen molar-refractivity contribution in [3.63, 3.8) is 0 Å². The van der Waals surface area contributed by atoms with Crippen LogP contribution in [0.4, 0.5) is 0 Å². The Hall–Kier alpha value is -1.81. The van der Waals surface area contributed by atoms with Crippen LogP contribution in [-0.2, 0) is 4.74 Å². The number of aliphatic imine (C=N–C) groups is 1. The van der Waals surface area contributed by atoms with E-state index >= 15 is 0 Å². The van der Waals surface area contributed by atoms with Crippen LogP contribution < -0.4 is 5.32 Å². The number of allylic oxidation sites excluding steroid dienone is 1. The normalized spacial score (nSPS) is 20.2. The lowest BCUT2D eigenvalue weighted by Gasteiger charge is -2.23. The Kier molecular flexibility index (Phi) is 9.26. The molecule has 0 aliphatic carbocycles. The van der Waals surface area contributed by atoms with E-state index in [0.29, 0.717) is 5.92 Å². The Bertz CT molecular complexity index is 544. The topological polar surface area (TPSA) is 36.9 Å². The molecule has 26 heavy (non-hydrogen) atoms. The average Bonchev–Trinajstić information content (AvgIpc) is 3.14. The SMILES string of the molecule is C=CCCCCCN(C)C(=NCC1CCOC1c1ccccc1)NCC. The molecular formula is C22H35N3O. The first-order chi connectivity index (χ1) is 12.8. The van der Waals surface area contributed by atoms with Crippen LogP contribution in [0.5, 0.6) is 0 Å². The van der Waals surface area contributed by atoms with E-state index in [1.807, 2.05) is 6.08 Å². The molecule has 0 bridgehead atoms. The summed E-state index contributed by atoms with van der Waals surface area (Å²) >= 11 is 0. The molecule has 0 aromatic heterocycles. The van der Waals surface area contributed by atoms with E-state index in [0.717, 1.165) is 45.0 Å². The molecule has 1 heterocycles. The fourth-order valence-corrected chi connectivity index (χ4v) is 3.43. The molecule has 0 saturated carbocycles. The van der Waals surface area contributed by atoms with Gasteiger partial charge in [-0.25, -0.2) is 0 Å². The third kappa shape index (κ3) is 6.49. The van der Waals surface area contributed by atoms with Gasteiger partial charge in [0.25, 0.3) is 0 Å². The maximum absolute atomic E-state index is 6.00. The Morgan fingerprint density at radius 2 is 2.12 bits per heavy atom. The van der Waals surface area contributed by atoms with Gasteiger partial charge in [0.2, 0.25) is 0 Å². The minimum absolute atomic E-state index is 0.173. The zero-order valence-electron chi connectivity index (χ0n) is 16.5. The summed E-state index contributed by atoms with van der Waals surface area (Å²) in [6.45, 7) is 9.47. The van der Waals surface area contributed by atoms with Crippen molar-refractivity contribution in [2.24, 2.45) is 10.9 Å². The van der Waals surface area contributed by atoms with Crippen molar-refractivity contribution in [1.82, 2.24) is 10.2 Å². The van der Waals surface area contributed by atoms with Gasteiger partial charge in [0, 0.05) is 39.2 Å². The summed E-state index contributed by atoms with van der Waals surface area (Å²) < 4.78 is 6.00. The number of hydrogen-bond donors (Lipinski definition) is 1. The zero-order valence-corrected chi connectivity index (χ0v) is 16.5. The van der Waals surface area contributed by atoms with Crippen molar-refractivity contribution in [2.45, 2.75) is 45.1 Å². The van der Waals surface area contributed by atoms with Gasteiger partial charge in [0.15, 0.2) is 5.96 Å². The molecule has 2 unspecified atom stereocenters. The summed E-state index contributed by atoms with van der Waals surface area (Å²) in [5, 5.41) is 3.43. The van der Waals surface area contributed by atoms with Crippen molar-refractivity contribution in [1.29, 1.82) is 0 Å². The Morgan fingerprint density at radius 1 is 1.31 bits per heavy atom. The van der Waals surface area contributed by atoms with Gasteiger partial charge >= 0.3 is 0 Å². The van der Waals surface area contributed by atoms with Gasteiger partial charge in [-0.05, 0) is 38.2 Å². The molecule has 0 amide bonds. The van der Waals surface area contributed by atoms with E-state index in [-0.39, 0.29) is 6.10 Å². The van der Waals surface area contributed by atoms with E-state index in [9.17, 15) is 0 Å². The summed E-state index contributed by atoms with van der Waals surface area (Å²) in [7, 11) is 2.13. The fourth-order valence-electron chi connectivity index (χ4n) is 3.43. The highest BCUT2D eigenvalue weighted by Crippen LogP contribution is 2.34. The van der Waals surface area contributed by atoms with Gasteiger partial charge in [0.1, 0.15) is 0 Å². The second kappa shape index (κ2) is 11.7. The molecule has 0 spiro atoms. The first kappa shape index (κ1) is 20.5. The van der Waals surface area contributed by atoms with Crippen LogP contribution in [0, 0.1) is 5.92 Å². The third-order valence-electron chi connectivity index (χ3n) is 4.92. The molecule has 2 rings (SSSR count). The van der Waals surface area contributed by atoms with Crippen LogP contribution in [0.15, 0.2) is 48.0 Å². The number of unbranched alkanes of at least 4 members (excludes halogenated alkanes) is 3. The third-order valence-corrected chi connectivity index (χ3v) is 4.92. The largest absolute Gasteiger partial charge is 0.373 e. The van der Waals surface area contributed by atoms with Gasteiger partial charge in [-0.3, -0.25) is 4.99 Å². The van der Waals surface area contributed by atoms with Gasteiger partial charge in [-0.15, -0.1) is 6.58 Å². The number of hydrogen-bond acceptors (Lipinski definition) is 2. The van der Waals surface area contributed by atoms with Crippen molar-refractivity contribution in [3.05, 3.63) is 48.6 Å². The molecule has 4 nitrogen and oxygen atoms in total. The second-order valence-corrected chi connectivity index (χ2v) is 7.01. The number of nitrogens with one attached hydrogen (secondary N) is 1. The predicted octanol–water partition coefficient (Wildman–Crippen LogP) is 4.41. The number of nitrogens with zero attached hydrogens (tertiary/aromatic N) is 2. The summed E-state index contributed by atoms with van der Waals surface area (Å²) in [5.41, 5.74) is 1.27. The van der Waals surface area contributed by atoms with Crippen LogP contribution >= 0.6 is 0 Å². The van der Waals surface area contributed by atoms with Crippen molar-refractivity contribution < 1.29 is 4.74 Å². The van der Waals surface area contributed by atoms with E-state index in [2.05, 4.69) is 61.1 Å².